The van der Waals surface area contributed by atoms with Crippen molar-refractivity contribution in [2.24, 2.45) is 0 Å². The number of nitrogens with zero attached hydrogens (tertiary/aromatic N) is 1. The highest BCUT2D eigenvalue weighted by molar-refractivity contribution is 8.00. The molecule has 2 N–H and O–H groups in total. The molecule has 0 atom stereocenters. The SMILES string of the molecule is CSC1(Cn2c(N)cc3ccccc3c2=O)CCC1. The summed E-state index contributed by atoms with van der Waals surface area (Å²) in [6, 6.07) is 9.55. The second kappa shape index (κ2) is 4.60. The van der Waals surface area contributed by atoms with E-state index in [4.69, 9.17) is 5.73 Å². The molecule has 1 aromatic heterocycles. The number of hydrogen-bond acceptors (Lipinski definition) is 3. The summed E-state index contributed by atoms with van der Waals surface area (Å²) in [6.45, 7) is 0.726. The molecule has 0 aliphatic heterocycles. The predicted octanol–water partition coefficient (Wildman–Crippen LogP) is 2.87. The molecule has 0 saturated heterocycles. The van der Waals surface area contributed by atoms with Gasteiger partial charge in [-0.1, -0.05) is 24.6 Å². The number of anilines is 1. The van der Waals surface area contributed by atoms with Gasteiger partial charge in [-0.2, -0.15) is 11.8 Å². The minimum atomic E-state index is 0.0379. The maximum atomic E-state index is 12.6. The van der Waals surface area contributed by atoms with Crippen LogP contribution in [-0.2, 0) is 6.54 Å². The second-order valence-corrected chi connectivity index (χ2v) is 6.56. The van der Waals surface area contributed by atoms with Crippen LogP contribution in [-0.4, -0.2) is 15.6 Å². The molecule has 3 rings (SSSR count). The molecule has 1 heterocycles. The Balaban J connectivity index is 2.11. The van der Waals surface area contributed by atoms with Gasteiger partial charge in [0.15, 0.2) is 0 Å². The van der Waals surface area contributed by atoms with Gasteiger partial charge in [0, 0.05) is 16.7 Å². The molecule has 0 radical (unpaired) electrons. The van der Waals surface area contributed by atoms with Crippen LogP contribution in [0.25, 0.3) is 10.8 Å². The van der Waals surface area contributed by atoms with Gasteiger partial charge in [0.25, 0.3) is 5.56 Å². The van der Waals surface area contributed by atoms with Crippen molar-refractivity contribution in [2.75, 3.05) is 12.0 Å². The number of thioether (sulfide) groups is 1. The molecule has 0 unspecified atom stereocenters. The summed E-state index contributed by atoms with van der Waals surface area (Å²) in [5, 5.41) is 1.68. The number of rotatable bonds is 3. The number of nitrogens with two attached hydrogens (primary N) is 1. The Morgan fingerprint density at radius 2 is 2.11 bits per heavy atom. The van der Waals surface area contributed by atoms with Gasteiger partial charge in [-0.05, 0) is 36.6 Å². The fourth-order valence-corrected chi connectivity index (χ4v) is 3.72. The van der Waals surface area contributed by atoms with E-state index in [1.165, 1.54) is 19.3 Å². The first-order valence-corrected chi connectivity index (χ1v) is 7.81. The standard InChI is InChI=1S/C15H18N2OS/c1-19-15(7-4-8-15)10-17-13(16)9-11-5-2-3-6-12(11)14(17)18/h2-3,5-6,9H,4,7-8,10,16H2,1H3. The van der Waals surface area contributed by atoms with Gasteiger partial charge in [0.2, 0.25) is 0 Å². The van der Waals surface area contributed by atoms with Crippen LogP contribution >= 0.6 is 11.8 Å². The molecule has 2 aromatic rings. The van der Waals surface area contributed by atoms with Gasteiger partial charge in [-0.3, -0.25) is 9.36 Å². The number of nitrogen functional groups attached to an aromatic ring is 1. The molecular weight excluding hydrogens is 256 g/mol. The van der Waals surface area contributed by atoms with Gasteiger partial charge in [-0.25, -0.2) is 0 Å². The van der Waals surface area contributed by atoms with Crippen LogP contribution in [0.2, 0.25) is 0 Å². The Morgan fingerprint density at radius 3 is 2.74 bits per heavy atom. The van der Waals surface area contributed by atoms with Crippen molar-refractivity contribution in [3.05, 3.63) is 40.7 Å². The summed E-state index contributed by atoms with van der Waals surface area (Å²) in [5.74, 6) is 0.573. The molecule has 3 nitrogen and oxygen atoms in total. The summed E-state index contributed by atoms with van der Waals surface area (Å²) in [7, 11) is 0. The summed E-state index contributed by atoms with van der Waals surface area (Å²) < 4.78 is 1.96. The van der Waals surface area contributed by atoms with Crippen LogP contribution in [0.1, 0.15) is 19.3 Å². The second-order valence-electron chi connectivity index (χ2n) is 5.29. The van der Waals surface area contributed by atoms with Crippen molar-refractivity contribution in [3.8, 4) is 0 Å². The quantitative estimate of drug-likeness (QED) is 0.936. The fraction of sp³-hybridized carbons (Fsp3) is 0.400. The van der Waals surface area contributed by atoms with Crippen molar-refractivity contribution >= 4 is 28.4 Å². The lowest BCUT2D eigenvalue weighted by Gasteiger charge is -2.41. The first-order chi connectivity index (χ1) is 9.15. The fourth-order valence-electron chi connectivity index (χ4n) is 2.77. The Labute approximate surface area is 116 Å². The smallest absolute Gasteiger partial charge is 0.260 e. The number of aromatic nitrogens is 1. The average Bonchev–Trinajstić information content (AvgIpc) is 2.37. The van der Waals surface area contributed by atoms with Crippen LogP contribution in [0.15, 0.2) is 35.1 Å². The largest absolute Gasteiger partial charge is 0.385 e. The van der Waals surface area contributed by atoms with Crippen molar-refractivity contribution in [2.45, 2.75) is 30.6 Å². The molecule has 1 aromatic carbocycles. The van der Waals surface area contributed by atoms with Crippen LogP contribution in [0, 0.1) is 0 Å². The third kappa shape index (κ3) is 2.04. The van der Waals surface area contributed by atoms with Crippen LogP contribution in [0.4, 0.5) is 5.82 Å². The lowest BCUT2D eigenvalue weighted by molar-refractivity contribution is 0.321. The Hall–Kier alpha value is -1.42. The average molecular weight is 274 g/mol. The lowest BCUT2D eigenvalue weighted by atomic mass is 9.84. The molecule has 19 heavy (non-hydrogen) atoms. The highest BCUT2D eigenvalue weighted by atomic mass is 32.2. The van der Waals surface area contributed by atoms with E-state index in [9.17, 15) is 4.79 Å². The summed E-state index contributed by atoms with van der Waals surface area (Å²) in [6.07, 6.45) is 5.73. The topological polar surface area (TPSA) is 48.0 Å². The predicted molar refractivity (Wildman–Crippen MR) is 82.7 cm³/mol. The van der Waals surface area contributed by atoms with Gasteiger partial charge < -0.3 is 5.73 Å². The summed E-state index contributed by atoms with van der Waals surface area (Å²) >= 11 is 1.86. The molecule has 0 spiro atoms. The molecular formula is C15H18N2OS. The molecule has 0 amide bonds. The third-order valence-electron chi connectivity index (χ3n) is 4.20. The van der Waals surface area contributed by atoms with E-state index in [2.05, 4.69) is 6.26 Å². The van der Waals surface area contributed by atoms with Crippen molar-refractivity contribution in [3.63, 3.8) is 0 Å². The zero-order valence-corrected chi connectivity index (χ0v) is 11.9. The lowest BCUT2D eigenvalue weighted by Crippen LogP contribution is -2.41. The highest BCUT2D eigenvalue weighted by Gasteiger charge is 2.37. The van der Waals surface area contributed by atoms with E-state index >= 15 is 0 Å². The number of fused-ring (bicyclic) bond motifs is 1. The monoisotopic (exact) mass is 274 g/mol. The van der Waals surface area contributed by atoms with E-state index in [0.717, 1.165) is 17.3 Å². The Bertz CT molecular complexity index is 668. The van der Waals surface area contributed by atoms with Gasteiger partial charge in [-0.15, -0.1) is 0 Å². The van der Waals surface area contributed by atoms with E-state index in [1.807, 2.05) is 42.1 Å². The van der Waals surface area contributed by atoms with E-state index in [-0.39, 0.29) is 10.3 Å². The molecule has 0 bridgehead atoms. The highest BCUT2D eigenvalue weighted by Crippen LogP contribution is 2.44. The molecule has 1 aliphatic rings. The van der Waals surface area contributed by atoms with Crippen LogP contribution in [0.5, 0.6) is 0 Å². The summed E-state index contributed by atoms with van der Waals surface area (Å²) in [5.41, 5.74) is 6.12. The van der Waals surface area contributed by atoms with Gasteiger partial charge in [0.05, 0.1) is 0 Å². The van der Waals surface area contributed by atoms with Gasteiger partial charge in [0.1, 0.15) is 5.82 Å². The van der Waals surface area contributed by atoms with E-state index < -0.39 is 0 Å². The zero-order valence-electron chi connectivity index (χ0n) is 11.1. The Kier molecular flexibility index (Phi) is 3.05. The maximum Gasteiger partial charge on any atom is 0.260 e. The third-order valence-corrected chi connectivity index (χ3v) is 5.60. The minimum absolute atomic E-state index is 0.0379. The first-order valence-electron chi connectivity index (χ1n) is 6.58. The van der Waals surface area contributed by atoms with Crippen molar-refractivity contribution in [1.82, 2.24) is 4.57 Å². The first kappa shape index (κ1) is 12.6. The van der Waals surface area contributed by atoms with Crippen LogP contribution < -0.4 is 11.3 Å². The van der Waals surface area contributed by atoms with Gasteiger partial charge >= 0.3 is 0 Å². The number of hydrogen-bond donors (Lipinski definition) is 1. The minimum Gasteiger partial charge on any atom is -0.385 e. The van der Waals surface area contributed by atoms with Crippen LogP contribution in [0.3, 0.4) is 0 Å². The van der Waals surface area contributed by atoms with E-state index in [1.54, 1.807) is 4.57 Å². The number of benzene rings is 1. The summed E-state index contributed by atoms with van der Waals surface area (Å²) in [4.78, 5) is 12.6. The molecule has 4 heteroatoms. The zero-order chi connectivity index (χ0) is 13.5. The van der Waals surface area contributed by atoms with Crippen molar-refractivity contribution < 1.29 is 0 Å². The Morgan fingerprint density at radius 1 is 1.37 bits per heavy atom. The molecule has 1 aliphatic carbocycles. The van der Waals surface area contributed by atoms with Crippen molar-refractivity contribution in [1.29, 1.82) is 0 Å². The molecule has 1 fully saturated rings. The molecule has 1 saturated carbocycles. The normalized spacial score (nSPS) is 17.3. The maximum absolute atomic E-state index is 12.6. The van der Waals surface area contributed by atoms with E-state index in [0.29, 0.717) is 5.82 Å². The number of pyridine rings is 1. The molecule has 100 valence electrons.